The van der Waals surface area contributed by atoms with Crippen LogP contribution in [0.25, 0.3) is 0 Å². The molecule has 0 N–H and O–H groups in total. The zero-order valence-electron chi connectivity index (χ0n) is 21.2. The second-order valence-corrected chi connectivity index (χ2v) is 11.7. The number of hydrogen-bond acceptors (Lipinski definition) is 3. The van der Waals surface area contributed by atoms with Crippen molar-refractivity contribution >= 4 is 8.80 Å². The molecular weight excluding hydrogens is 627 g/mol. The van der Waals surface area contributed by atoms with E-state index in [0.29, 0.717) is 13.8 Å². The van der Waals surface area contributed by atoms with Gasteiger partial charge in [0.05, 0.1) is 5.60 Å². The lowest BCUT2D eigenvalue weighted by molar-refractivity contribution is -0.443. The van der Waals surface area contributed by atoms with Gasteiger partial charge in [-0.25, -0.2) is 0 Å². The fraction of sp³-hybridized carbons (Fsp3) is 1.00. The van der Waals surface area contributed by atoms with Crippen LogP contribution in [0.3, 0.4) is 0 Å². The van der Waals surface area contributed by atoms with Gasteiger partial charge in [0.1, 0.15) is 0 Å². The summed E-state index contributed by atoms with van der Waals surface area (Å²) >= 11 is 0. The summed E-state index contributed by atoms with van der Waals surface area (Å²) in [7, 11) is -4.02. The smallest absolute Gasteiger partial charge is 0.374 e. The van der Waals surface area contributed by atoms with Crippen molar-refractivity contribution in [3.8, 4) is 0 Å². The Hall–Kier alpha value is -1.09. The molecule has 0 aliphatic heterocycles. The molecule has 0 saturated carbocycles. The average Bonchev–Trinajstić information content (AvgIpc) is 2.69. The van der Waals surface area contributed by atoms with E-state index in [2.05, 4.69) is 0 Å². The first-order valence-corrected chi connectivity index (χ1v) is 13.2. The number of halogens is 17. The highest BCUT2D eigenvalue weighted by Gasteiger charge is 2.92. The van der Waals surface area contributed by atoms with Gasteiger partial charge in [-0.15, -0.1) is 0 Å². The highest BCUT2D eigenvalue weighted by molar-refractivity contribution is 6.59. The molecule has 3 nitrogen and oxygen atoms in total. The molecule has 21 heteroatoms. The highest BCUT2D eigenvalue weighted by Crippen LogP contribution is 2.63. The molecule has 0 radical (unpaired) electrons. The van der Waals surface area contributed by atoms with E-state index >= 15 is 0 Å². The van der Waals surface area contributed by atoms with E-state index in [-0.39, 0.29) is 13.2 Å². The Morgan fingerprint density at radius 3 is 1.15 bits per heavy atom. The Morgan fingerprint density at radius 2 is 0.825 bits per heavy atom. The molecule has 242 valence electrons. The number of hydrogen-bond donors (Lipinski definition) is 0. The van der Waals surface area contributed by atoms with Crippen LogP contribution in [0.15, 0.2) is 0 Å². The van der Waals surface area contributed by atoms with Gasteiger partial charge in [0, 0.05) is 39.0 Å². The van der Waals surface area contributed by atoms with Gasteiger partial charge >= 0.3 is 56.4 Å². The summed E-state index contributed by atoms with van der Waals surface area (Å²) in [5.74, 6) is -53.8. The Kier molecular flexibility index (Phi) is 11.2. The summed E-state index contributed by atoms with van der Waals surface area (Å²) in [6, 6.07) is 0. The standard InChI is InChI=1S/C19H25F17O3Si/c1-6-37-40(5,38-7-2)39-11(3,4)10-13(22,23)16(29,30)18(33,34)19(35,36)17(31,32)15(27,28)12(20,21)8-9-14(24,25)26/h6-10H2,1-5H3. The largest absolute Gasteiger partial charge is 0.498 e. The molecule has 0 aliphatic carbocycles. The lowest BCUT2D eigenvalue weighted by Crippen LogP contribution is -2.73. The molecule has 0 amide bonds. The molecule has 0 aromatic carbocycles. The molecule has 0 unspecified atom stereocenters. The van der Waals surface area contributed by atoms with E-state index in [4.69, 9.17) is 13.3 Å². The van der Waals surface area contributed by atoms with Gasteiger partial charge in [-0.3, -0.25) is 0 Å². The predicted octanol–water partition coefficient (Wildman–Crippen LogP) is 8.60. The van der Waals surface area contributed by atoms with Crippen LogP contribution < -0.4 is 0 Å². The van der Waals surface area contributed by atoms with Crippen molar-refractivity contribution in [1.29, 1.82) is 0 Å². The van der Waals surface area contributed by atoms with Crippen molar-refractivity contribution in [2.75, 3.05) is 13.2 Å². The van der Waals surface area contributed by atoms with Crippen LogP contribution in [0.5, 0.6) is 0 Å². The fourth-order valence-corrected chi connectivity index (χ4v) is 5.64. The van der Waals surface area contributed by atoms with E-state index < -0.39 is 81.3 Å². The molecule has 40 heavy (non-hydrogen) atoms. The Bertz CT molecular complexity index is 836. The van der Waals surface area contributed by atoms with Gasteiger partial charge < -0.3 is 13.3 Å². The van der Waals surface area contributed by atoms with E-state index in [9.17, 15) is 74.6 Å². The Morgan fingerprint density at radius 1 is 0.500 bits per heavy atom. The normalized spacial score (nSPS) is 16.1. The van der Waals surface area contributed by atoms with Gasteiger partial charge in [-0.1, -0.05) is 0 Å². The van der Waals surface area contributed by atoms with E-state index in [1.165, 1.54) is 13.8 Å². The topological polar surface area (TPSA) is 27.7 Å². The van der Waals surface area contributed by atoms with Crippen molar-refractivity contribution in [2.45, 2.75) is 107 Å². The summed E-state index contributed by atoms with van der Waals surface area (Å²) in [6.45, 7) is 4.24. The molecule has 0 bridgehead atoms. The van der Waals surface area contributed by atoms with Crippen molar-refractivity contribution < 1.29 is 87.9 Å². The van der Waals surface area contributed by atoms with Crippen LogP contribution in [0.1, 0.15) is 47.0 Å². The minimum atomic E-state index is -8.39. The second kappa shape index (κ2) is 11.5. The van der Waals surface area contributed by atoms with Crippen LogP contribution in [0, 0.1) is 0 Å². The number of rotatable bonds is 16. The third-order valence-electron chi connectivity index (χ3n) is 5.14. The van der Waals surface area contributed by atoms with Crippen molar-refractivity contribution in [1.82, 2.24) is 0 Å². The van der Waals surface area contributed by atoms with Gasteiger partial charge in [-0.2, -0.15) is 74.6 Å². The monoisotopic (exact) mass is 652 g/mol. The molecular formula is C19H25F17O3Si. The molecule has 0 saturated heterocycles. The van der Waals surface area contributed by atoms with E-state index in [1.807, 2.05) is 0 Å². The minimum Gasteiger partial charge on any atom is -0.374 e. The summed E-state index contributed by atoms with van der Waals surface area (Å²) in [5.41, 5.74) is -2.75. The van der Waals surface area contributed by atoms with Crippen LogP contribution in [-0.4, -0.2) is 75.3 Å². The predicted molar refractivity (Wildman–Crippen MR) is 105 cm³/mol. The maximum Gasteiger partial charge on any atom is 0.498 e. The summed E-state index contributed by atoms with van der Waals surface area (Å²) in [6.07, 6.45) is -14.9. The first-order chi connectivity index (χ1) is 17.2. The first-order valence-electron chi connectivity index (χ1n) is 10.9. The Labute approximate surface area is 217 Å². The van der Waals surface area contributed by atoms with E-state index in [0.717, 1.165) is 6.55 Å². The average molecular weight is 652 g/mol. The van der Waals surface area contributed by atoms with Gasteiger partial charge in [0.2, 0.25) is 0 Å². The molecule has 0 fully saturated rings. The summed E-state index contributed by atoms with van der Waals surface area (Å²) < 4.78 is 247. The fourth-order valence-electron chi connectivity index (χ4n) is 3.32. The van der Waals surface area contributed by atoms with Crippen molar-refractivity contribution in [3.05, 3.63) is 0 Å². The third-order valence-corrected chi connectivity index (χ3v) is 7.69. The summed E-state index contributed by atoms with van der Waals surface area (Å²) in [4.78, 5) is 0. The lowest BCUT2D eigenvalue weighted by Gasteiger charge is -2.44. The third kappa shape index (κ3) is 7.45. The molecule has 0 rings (SSSR count). The molecule has 0 aromatic rings. The molecule has 0 heterocycles. The maximum atomic E-state index is 14.4. The van der Waals surface area contributed by atoms with Gasteiger partial charge in [0.25, 0.3) is 0 Å². The highest BCUT2D eigenvalue weighted by atomic mass is 28.4. The van der Waals surface area contributed by atoms with Crippen LogP contribution in [0.4, 0.5) is 74.6 Å². The number of alkyl halides is 17. The molecule has 0 aromatic heterocycles. The van der Waals surface area contributed by atoms with Crippen molar-refractivity contribution in [2.24, 2.45) is 0 Å². The van der Waals surface area contributed by atoms with Gasteiger partial charge in [-0.05, 0) is 27.7 Å². The van der Waals surface area contributed by atoms with Crippen molar-refractivity contribution in [3.63, 3.8) is 0 Å². The molecule has 0 aliphatic rings. The first kappa shape index (κ1) is 38.9. The maximum absolute atomic E-state index is 14.4. The van der Waals surface area contributed by atoms with Gasteiger partial charge in [0.15, 0.2) is 0 Å². The zero-order chi connectivity index (χ0) is 32.7. The van der Waals surface area contributed by atoms with Crippen LogP contribution >= 0.6 is 0 Å². The molecule has 0 spiro atoms. The lowest BCUT2D eigenvalue weighted by atomic mass is 9.85. The quantitative estimate of drug-likeness (QED) is 0.124. The zero-order valence-corrected chi connectivity index (χ0v) is 22.2. The van der Waals surface area contributed by atoms with Crippen LogP contribution in [-0.2, 0) is 13.3 Å². The molecule has 0 atom stereocenters. The summed E-state index contributed by atoms with van der Waals surface area (Å²) in [5, 5.41) is 0. The minimum absolute atomic E-state index is 0.230. The van der Waals surface area contributed by atoms with E-state index in [1.54, 1.807) is 0 Å². The van der Waals surface area contributed by atoms with Crippen LogP contribution in [0.2, 0.25) is 6.55 Å². The Balaban J connectivity index is 6.52. The SMILES string of the molecule is CCO[Si](C)(OCC)OC(C)(C)CC(F)(F)C(F)(F)C(F)(F)C(F)(F)C(F)(F)C(F)(F)C(F)(F)CCC(F)(F)F. The second-order valence-electron chi connectivity index (χ2n) is 9.16.